The Morgan fingerprint density at radius 1 is 1.43 bits per heavy atom. The van der Waals surface area contributed by atoms with E-state index in [1.54, 1.807) is 28.2 Å². The maximum atomic E-state index is 12.2. The molecule has 0 bridgehead atoms. The van der Waals surface area contributed by atoms with Crippen LogP contribution in [0.1, 0.15) is 33.1 Å². The fourth-order valence-electron chi connectivity index (χ4n) is 2.09. The van der Waals surface area contributed by atoms with Crippen molar-refractivity contribution in [1.82, 2.24) is 14.8 Å². The monoisotopic (exact) mass is 306 g/mol. The molecule has 0 aliphatic rings. The first-order chi connectivity index (χ1) is 10.2. The van der Waals surface area contributed by atoms with E-state index in [2.05, 4.69) is 17.0 Å². The van der Waals surface area contributed by atoms with Crippen molar-refractivity contribution in [3.63, 3.8) is 0 Å². The number of pyridine rings is 1. The summed E-state index contributed by atoms with van der Waals surface area (Å²) in [6.45, 7) is 4.57. The van der Waals surface area contributed by atoms with Crippen LogP contribution in [0.5, 0.6) is 0 Å². The lowest BCUT2D eigenvalue weighted by atomic mass is 10.2. The second-order valence-electron chi connectivity index (χ2n) is 4.70. The molecule has 2 aromatic rings. The second kappa shape index (κ2) is 7.22. The molecule has 0 saturated carbocycles. The number of carbonyl (C=O) groups excluding carboxylic acids is 1. The molecule has 1 amide bonds. The zero-order chi connectivity index (χ0) is 15.2. The third-order valence-corrected chi connectivity index (χ3v) is 3.48. The van der Waals surface area contributed by atoms with Gasteiger partial charge in [-0.15, -0.1) is 0 Å². The standard InChI is InChI=1S/C15H19ClN4O/c1-3-5-8-14(21)19(4-2)13-11-20(18-15(13)16)12-7-6-9-17-10-12/h6-7,9-11H,3-5,8H2,1-2H3. The first-order valence-corrected chi connectivity index (χ1v) is 7.51. The molecular formula is C15H19ClN4O. The lowest BCUT2D eigenvalue weighted by molar-refractivity contribution is -0.118. The molecule has 112 valence electrons. The number of amides is 1. The average molecular weight is 307 g/mol. The number of rotatable bonds is 6. The molecule has 0 radical (unpaired) electrons. The van der Waals surface area contributed by atoms with Crippen molar-refractivity contribution in [3.05, 3.63) is 35.9 Å². The van der Waals surface area contributed by atoms with E-state index in [0.29, 0.717) is 23.8 Å². The second-order valence-corrected chi connectivity index (χ2v) is 5.06. The molecule has 2 rings (SSSR count). The van der Waals surface area contributed by atoms with Crippen molar-refractivity contribution in [2.24, 2.45) is 0 Å². The minimum Gasteiger partial charge on any atom is -0.309 e. The maximum absolute atomic E-state index is 12.2. The summed E-state index contributed by atoms with van der Waals surface area (Å²) in [5.74, 6) is 0.0759. The van der Waals surface area contributed by atoms with Crippen LogP contribution in [0.25, 0.3) is 5.69 Å². The molecule has 0 unspecified atom stereocenters. The molecular weight excluding hydrogens is 288 g/mol. The molecule has 0 fully saturated rings. The van der Waals surface area contributed by atoms with E-state index in [0.717, 1.165) is 18.5 Å². The zero-order valence-corrected chi connectivity index (χ0v) is 13.0. The van der Waals surface area contributed by atoms with Crippen LogP contribution in [0.4, 0.5) is 5.69 Å². The SMILES string of the molecule is CCCCC(=O)N(CC)c1cn(-c2cccnc2)nc1Cl. The van der Waals surface area contributed by atoms with Crippen LogP contribution in [-0.2, 0) is 4.79 Å². The highest BCUT2D eigenvalue weighted by molar-refractivity contribution is 6.32. The maximum Gasteiger partial charge on any atom is 0.227 e. The van der Waals surface area contributed by atoms with Crippen LogP contribution in [0.15, 0.2) is 30.7 Å². The Morgan fingerprint density at radius 3 is 2.86 bits per heavy atom. The zero-order valence-electron chi connectivity index (χ0n) is 12.3. The molecule has 0 saturated heterocycles. The quantitative estimate of drug-likeness (QED) is 0.821. The van der Waals surface area contributed by atoms with Gasteiger partial charge in [-0.2, -0.15) is 5.10 Å². The van der Waals surface area contributed by atoms with Gasteiger partial charge in [0.1, 0.15) is 5.69 Å². The van der Waals surface area contributed by atoms with Crippen molar-refractivity contribution in [2.75, 3.05) is 11.4 Å². The van der Waals surface area contributed by atoms with Crippen molar-refractivity contribution in [2.45, 2.75) is 33.1 Å². The molecule has 0 N–H and O–H groups in total. The number of hydrogen-bond acceptors (Lipinski definition) is 3. The third kappa shape index (κ3) is 3.61. The van der Waals surface area contributed by atoms with Crippen LogP contribution in [0.3, 0.4) is 0 Å². The van der Waals surface area contributed by atoms with Gasteiger partial charge in [-0.1, -0.05) is 24.9 Å². The summed E-state index contributed by atoms with van der Waals surface area (Å²) >= 11 is 6.20. The van der Waals surface area contributed by atoms with Crippen molar-refractivity contribution in [3.8, 4) is 5.69 Å². The summed E-state index contributed by atoms with van der Waals surface area (Å²) in [6.07, 6.45) is 7.56. The van der Waals surface area contributed by atoms with Crippen LogP contribution in [0.2, 0.25) is 5.15 Å². The van der Waals surface area contributed by atoms with Crippen LogP contribution >= 0.6 is 11.6 Å². The Hall–Kier alpha value is -1.88. The Balaban J connectivity index is 2.27. The van der Waals surface area contributed by atoms with Crippen LogP contribution in [-0.4, -0.2) is 27.2 Å². The van der Waals surface area contributed by atoms with Gasteiger partial charge in [0.05, 0.1) is 18.1 Å². The van der Waals surface area contributed by atoms with Crippen molar-refractivity contribution < 1.29 is 4.79 Å². The van der Waals surface area contributed by atoms with Gasteiger partial charge >= 0.3 is 0 Å². The molecule has 21 heavy (non-hydrogen) atoms. The molecule has 0 aromatic carbocycles. The van der Waals surface area contributed by atoms with Gasteiger partial charge in [-0.25, -0.2) is 4.68 Å². The minimum atomic E-state index is 0.0759. The summed E-state index contributed by atoms with van der Waals surface area (Å²) in [5, 5.41) is 4.59. The number of anilines is 1. The van der Waals surface area contributed by atoms with Crippen molar-refractivity contribution >= 4 is 23.2 Å². The minimum absolute atomic E-state index is 0.0759. The Bertz CT molecular complexity index is 597. The smallest absolute Gasteiger partial charge is 0.227 e. The van der Waals surface area contributed by atoms with Crippen LogP contribution in [0, 0.1) is 0 Å². The lowest BCUT2D eigenvalue weighted by Gasteiger charge is -2.19. The summed E-state index contributed by atoms with van der Waals surface area (Å²) in [7, 11) is 0. The van der Waals surface area contributed by atoms with Gasteiger partial charge in [-0.3, -0.25) is 9.78 Å². The van der Waals surface area contributed by atoms with Gasteiger partial charge in [0.25, 0.3) is 0 Å². The highest BCUT2D eigenvalue weighted by Crippen LogP contribution is 2.26. The molecule has 6 heteroatoms. The van der Waals surface area contributed by atoms with Gasteiger partial charge in [0, 0.05) is 19.2 Å². The van der Waals surface area contributed by atoms with Gasteiger partial charge in [0.15, 0.2) is 5.15 Å². The Morgan fingerprint density at radius 2 is 2.24 bits per heavy atom. The number of hydrogen-bond donors (Lipinski definition) is 0. The molecule has 5 nitrogen and oxygen atoms in total. The van der Waals surface area contributed by atoms with Gasteiger partial charge in [0.2, 0.25) is 5.91 Å². The van der Waals surface area contributed by atoms with E-state index in [1.165, 1.54) is 0 Å². The van der Waals surface area contributed by atoms with E-state index in [4.69, 9.17) is 11.6 Å². The fourth-order valence-corrected chi connectivity index (χ4v) is 2.32. The fraction of sp³-hybridized carbons (Fsp3) is 0.400. The number of aromatic nitrogens is 3. The summed E-state index contributed by atoms with van der Waals surface area (Å²) in [6, 6.07) is 3.71. The average Bonchev–Trinajstić information content (AvgIpc) is 2.89. The first-order valence-electron chi connectivity index (χ1n) is 7.13. The van der Waals surface area contributed by atoms with Gasteiger partial charge < -0.3 is 4.90 Å². The predicted octanol–water partition coefficient (Wildman–Crippen LogP) is 3.46. The molecule has 2 aromatic heterocycles. The topological polar surface area (TPSA) is 51.0 Å². The van der Waals surface area contributed by atoms with E-state index in [-0.39, 0.29) is 5.91 Å². The number of carbonyl (C=O) groups is 1. The Labute approximate surface area is 129 Å². The third-order valence-electron chi connectivity index (χ3n) is 3.21. The summed E-state index contributed by atoms with van der Waals surface area (Å²) < 4.78 is 1.64. The molecule has 0 spiro atoms. The molecule has 0 aliphatic carbocycles. The normalized spacial score (nSPS) is 10.6. The van der Waals surface area contributed by atoms with Gasteiger partial charge in [-0.05, 0) is 25.5 Å². The van der Waals surface area contributed by atoms with E-state index < -0.39 is 0 Å². The number of halogens is 1. The lowest BCUT2D eigenvalue weighted by Crippen LogP contribution is -2.30. The highest BCUT2D eigenvalue weighted by atomic mass is 35.5. The Kier molecular flexibility index (Phi) is 5.33. The molecule has 2 heterocycles. The van der Waals surface area contributed by atoms with E-state index >= 15 is 0 Å². The molecule has 0 atom stereocenters. The largest absolute Gasteiger partial charge is 0.309 e. The summed E-state index contributed by atoms with van der Waals surface area (Å²) in [5.41, 5.74) is 1.45. The molecule has 0 aliphatic heterocycles. The van der Waals surface area contributed by atoms with E-state index in [9.17, 15) is 4.79 Å². The predicted molar refractivity (Wildman–Crippen MR) is 83.9 cm³/mol. The number of nitrogens with zero attached hydrogens (tertiary/aromatic N) is 4. The summed E-state index contributed by atoms with van der Waals surface area (Å²) in [4.78, 5) is 18.0. The van der Waals surface area contributed by atoms with Crippen LogP contribution < -0.4 is 4.90 Å². The highest BCUT2D eigenvalue weighted by Gasteiger charge is 2.19. The van der Waals surface area contributed by atoms with E-state index in [1.807, 2.05) is 19.1 Å². The number of unbranched alkanes of at least 4 members (excludes halogenated alkanes) is 1. The van der Waals surface area contributed by atoms with Crippen molar-refractivity contribution in [1.29, 1.82) is 0 Å². The first kappa shape index (κ1) is 15.5.